The lowest BCUT2D eigenvalue weighted by Crippen LogP contribution is -2.10. The van der Waals surface area contributed by atoms with Gasteiger partial charge >= 0.3 is 6.18 Å². The molecule has 24 heavy (non-hydrogen) atoms. The molecular weight excluding hydrogens is 339 g/mol. The summed E-state index contributed by atoms with van der Waals surface area (Å²) in [6.45, 7) is 0.133. The highest BCUT2D eigenvalue weighted by Gasteiger charge is 2.26. The lowest BCUT2D eigenvalue weighted by molar-refractivity contribution is -0.135. The first kappa shape index (κ1) is 16.6. The number of aromatic nitrogens is 2. The number of nitrogens with zero attached hydrogens (tertiary/aromatic N) is 2. The van der Waals surface area contributed by atoms with Crippen molar-refractivity contribution in [1.82, 2.24) is 9.78 Å². The maximum absolute atomic E-state index is 12.3. The molecule has 3 aromatic rings. The summed E-state index contributed by atoms with van der Waals surface area (Å²) >= 11 is 6.49. The standard InChI is InChI=1S/C17H15ClF3N3/c18-15-12(11-5-2-1-3-6-11)7-8-13-14(15)16(22)23-24(13)10-4-9-17(19,20)21/h1-3,5-8H,4,9-10H2,(H2,22,23). The Labute approximate surface area is 141 Å². The van der Waals surface area contributed by atoms with E-state index in [2.05, 4.69) is 5.10 Å². The molecule has 0 saturated heterocycles. The molecule has 2 N–H and O–H groups in total. The SMILES string of the molecule is Nc1nn(CCCC(F)(F)F)c2ccc(-c3ccccc3)c(Cl)c12. The van der Waals surface area contributed by atoms with Crippen LogP contribution in [0.2, 0.25) is 5.02 Å². The fourth-order valence-corrected chi connectivity index (χ4v) is 3.06. The summed E-state index contributed by atoms with van der Waals surface area (Å²) < 4.78 is 38.4. The zero-order valence-electron chi connectivity index (χ0n) is 12.6. The number of anilines is 1. The lowest BCUT2D eigenvalue weighted by Gasteiger charge is -2.08. The summed E-state index contributed by atoms with van der Waals surface area (Å²) in [5.41, 5.74) is 8.33. The molecule has 0 radical (unpaired) electrons. The molecule has 0 spiro atoms. The number of hydrogen-bond acceptors (Lipinski definition) is 2. The highest BCUT2D eigenvalue weighted by Crippen LogP contribution is 2.37. The van der Waals surface area contributed by atoms with Gasteiger partial charge in [0.05, 0.1) is 15.9 Å². The number of fused-ring (bicyclic) bond motifs is 1. The van der Waals surface area contributed by atoms with E-state index in [-0.39, 0.29) is 18.8 Å². The van der Waals surface area contributed by atoms with Crippen LogP contribution in [0, 0.1) is 0 Å². The summed E-state index contributed by atoms with van der Waals surface area (Å²) in [6, 6.07) is 13.2. The van der Waals surface area contributed by atoms with Gasteiger partial charge in [-0.1, -0.05) is 48.0 Å². The molecule has 0 saturated carbocycles. The van der Waals surface area contributed by atoms with Crippen LogP contribution in [0.25, 0.3) is 22.0 Å². The second-order valence-electron chi connectivity index (χ2n) is 5.51. The third-order valence-corrected chi connectivity index (χ3v) is 4.19. The zero-order valence-corrected chi connectivity index (χ0v) is 13.4. The highest BCUT2D eigenvalue weighted by atomic mass is 35.5. The van der Waals surface area contributed by atoms with Gasteiger partial charge in [-0.25, -0.2) is 0 Å². The number of nitrogen functional groups attached to an aromatic ring is 1. The molecule has 3 nitrogen and oxygen atoms in total. The van der Waals surface area contributed by atoms with E-state index in [0.29, 0.717) is 15.9 Å². The maximum atomic E-state index is 12.3. The third-order valence-electron chi connectivity index (χ3n) is 3.80. The Hall–Kier alpha value is -2.21. The minimum absolute atomic E-state index is 0.0578. The van der Waals surface area contributed by atoms with E-state index in [4.69, 9.17) is 17.3 Å². The molecule has 0 amide bonds. The van der Waals surface area contributed by atoms with Gasteiger partial charge in [0.25, 0.3) is 0 Å². The van der Waals surface area contributed by atoms with E-state index in [1.165, 1.54) is 4.68 Å². The van der Waals surface area contributed by atoms with Gasteiger partial charge in [-0.05, 0) is 18.1 Å². The van der Waals surface area contributed by atoms with Crippen molar-refractivity contribution < 1.29 is 13.2 Å². The predicted octanol–water partition coefficient (Wildman–Crippen LogP) is 5.28. The van der Waals surface area contributed by atoms with Crippen LogP contribution in [0.5, 0.6) is 0 Å². The Balaban J connectivity index is 1.97. The minimum Gasteiger partial charge on any atom is -0.382 e. The molecule has 0 aliphatic heterocycles. The second kappa shape index (κ2) is 6.36. The van der Waals surface area contributed by atoms with E-state index in [1.807, 2.05) is 36.4 Å². The Morgan fingerprint density at radius 3 is 2.46 bits per heavy atom. The minimum atomic E-state index is -4.17. The predicted molar refractivity (Wildman–Crippen MR) is 89.9 cm³/mol. The average molecular weight is 354 g/mol. The van der Waals surface area contributed by atoms with E-state index in [0.717, 1.165) is 11.1 Å². The first-order chi connectivity index (χ1) is 11.4. The van der Waals surface area contributed by atoms with Crippen molar-refractivity contribution in [2.24, 2.45) is 0 Å². The van der Waals surface area contributed by atoms with Gasteiger partial charge in [-0.3, -0.25) is 4.68 Å². The molecule has 0 aliphatic rings. The monoisotopic (exact) mass is 353 g/mol. The van der Waals surface area contributed by atoms with Crippen LogP contribution in [0.1, 0.15) is 12.8 Å². The van der Waals surface area contributed by atoms with Crippen LogP contribution in [0.3, 0.4) is 0 Å². The number of hydrogen-bond donors (Lipinski definition) is 1. The van der Waals surface area contributed by atoms with Crippen LogP contribution in [0.4, 0.5) is 19.0 Å². The van der Waals surface area contributed by atoms with Gasteiger partial charge in [0.15, 0.2) is 5.82 Å². The molecule has 1 heterocycles. The molecule has 3 rings (SSSR count). The average Bonchev–Trinajstić information content (AvgIpc) is 2.84. The molecule has 0 aliphatic carbocycles. The van der Waals surface area contributed by atoms with Gasteiger partial charge < -0.3 is 5.73 Å². The van der Waals surface area contributed by atoms with Crippen LogP contribution in [-0.2, 0) is 6.54 Å². The van der Waals surface area contributed by atoms with Crippen molar-refractivity contribution in [2.45, 2.75) is 25.6 Å². The normalized spacial score (nSPS) is 12.0. The molecule has 1 aromatic heterocycles. The molecule has 0 fully saturated rings. The van der Waals surface area contributed by atoms with Crippen LogP contribution in [-0.4, -0.2) is 16.0 Å². The largest absolute Gasteiger partial charge is 0.389 e. The number of benzene rings is 2. The van der Waals surface area contributed by atoms with Gasteiger partial charge in [-0.15, -0.1) is 0 Å². The van der Waals surface area contributed by atoms with Gasteiger partial charge in [0, 0.05) is 18.5 Å². The van der Waals surface area contributed by atoms with Gasteiger partial charge in [0.2, 0.25) is 0 Å². The molecule has 7 heteroatoms. The molecule has 0 unspecified atom stereocenters. The highest BCUT2D eigenvalue weighted by molar-refractivity contribution is 6.39. The Morgan fingerprint density at radius 2 is 1.79 bits per heavy atom. The number of nitrogens with two attached hydrogens (primary N) is 1. The van der Waals surface area contributed by atoms with Crippen molar-refractivity contribution in [3.8, 4) is 11.1 Å². The topological polar surface area (TPSA) is 43.8 Å². The smallest absolute Gasteiger partial charge is 0.382 e. The summed E-state index contributed by atoms with van der Waals surface area (Å²) in [5.74, 6) is 0.222. The molecular formula is C17H15ClF3N3. The molecule has 0 bridgehead atoms. The second-order valence-corrected chi connectivity index (χ2v) is 5.89. The first-order valence-electron chi connectivity index (χ1n) is 7.43. The number of alkyl halides is 3. The Morgan fingerprint density at radius 1 is 1.08 bits per heavy atom. The first-order valence-corrected chi connectivity index (χ1v) is 7.81. The number of halogens is 4. The van der Waals surface area contributed by atoms with E-state index in [9.17, 15) is 13.2 Å². The van der Waals surface area contributed by atoms with Crippen molar-refractivity contribution >= 4 is 28.3 Å². The van der Waals surface area contributed by atoms with E-state index < -0.39 is 12.6 Å². The third kappa shape index (κ3) is 3.33. The summed E-state index contributed by atoms with van der Waals surface area (Å²) in [4.78, 5) is 0. The summed E-state index contributed by atoms with van der Waals surface area (Å²) in [6.07, 6.45) is -5.09. The van der Waals surface area contributed by atoms with Crippen molar-refractivity contribution in [2.75, 3.05) is 5.73 Å². The Kier molecular flexibility index (Phi) is 4.41. The Bertz CT molecular complexity index is 857. The van der Waals surface area contributed by atoms with Crippen LogP contribution in [0.15, 0.2) is 42.5 Å². The summed E-state index contributed by atoms with van der Waals surface area (Å²) in [5, 5.41) is 5.18. The number of aryl methyl sites for hydroxylation is 1. The van der Waals surface area contributed by atoms with Gasteiger partial charge in [0.1, 0.15) is 0 Å². The van der Waals surface area contributed by atoms with Gasteiger partial charge in [-0.2, -0.15) is 18.3 Å². The maximum Gasteiger partial charge on any atom is 0.389 e. The fourth-order valence-electron chi connectivity index (χ4n) is 2.70. The van der Waals surface area contributed by atoms with Crippen LogP contribution >= 0.6 is 11.6 Å². The lowest BCUT2D eigenvalue weighted by atomic mass is 10.0. The summed E-state index contributed by atoms with van der Waals surface area (Å²) in [7, 11) is 0. The van der Waals surface area contributed by atoms with Crippen molar-refractivity contribution in [1.29, 1.82) is 0 Å². The number of rotatable bonds is 4. The molecule has 126 valence electrons. The van der Waals surface area contributed by atoms with Crippen LogP contribution < -0.4 is 5.73 Å². The van der Waals surface area contributed by atoms with Crippen molar-refractivity contribution in [3.05, 3.63) is 47.5 Å². The van der Waals surface area contributed by atoms with E-state index >= 15 is 0 Å². The van der Waals surface area contributed by atoms with E-state index in [1.54, 1.807) is 6.07 Å². The quantitative estimate of drug-likeness (QED) is 0.693. The zero-order chi connectivity index (χ0) is 17.3. The molecule has 0 atom stereocenters. The van der Waals surface area contributed by atoms with Crippen molar-refractivity contribution in [3.63, 3.8) is 0 Å². The fraction of sp³-hybridized carbons (Fsp3) is 0.235. The molecule has 2 aromatic carbocycles.